The van der Waals surface area contributed by atoms with Gasteiger partial charge in [0.2, 0.25) is 5.91 Å². The fourth-order valence-electron chi connectivity index (χ4n) is 1.05. The summed E-state index contributed by atoms with van der Waals surface area (Å²) in [6, 6.07) is 4.85. The number of hydrogen-bond donors (Lipinski definition) is 3. The maximum absolute atomic E-state index is 10.9. The molecule has 0 saturated carbocycles. The standard InChI is InChI=1S/C10H12BrN3O/c1-6(11)5-14-9-4-7(10(13)15)2-3-8(9)12/h2-4,14H,1,5,12H2,(H2,13,15). The van der Waals surface area contributed by atoms with Crippen molar-refractivity contribution in [1.82, 2.24) is 0 Å². The summed E-state index contributed by atoms with van der Waals surface area (Å²) in [6.45, 7) is 4.21. The Hall–Kier alpha value is -1.49. The lowest BCUT2D eigenvalue weighted by atomic mass is 10.1. The number of amides is 1. The molecule has 0 radical (unpaired) electrons. The number of rotatable bonds is 4. The van der Waals surface area contributed by atoms with Crippen LogP contribution in [0.1, 0.15) is 10.4 Å². The van der Waals surface area contributed by atoms with Crippen LogP contribution in [0.3, 0.4) is 0 Å². The van der Waals surface area contributed by atoms with Gasteiger partial charge in [-0.05, 0) is 18.2 Å². The first-order chi connectivity index (χ1) is 7.00. The van der Waals surface area contributed by atoms with Crippen LogP contribution in [0.5, 0.6) is 0 Å². The zero-order chi connectivity index (χ0) is 11.4. The number of hydrogen-bond acceptors (Lipinski definition) is 3. The SMILES string of the molecule is C=C(Br)CNc1cc(C(N)=O)ccc1N. The average Bonchev–Trinajstić information content (AvgIpc) is 2.16. The number of carbonyl (C=O) groups is 1. The van der Waals surface area contributed by atoms with E-state index in [4.69, 9.17) is 11.5 Å². The van der Waals surface area contributed by atoms with Gasteiger partial charge in [-0.15, -0.1) is 0 Å². The maximum atomic E-state index is 10.9. The van der Waals surface area contributed by atoms with Gasteiger partial charge in [-0.25, -0.2) is 0 Å². The number of nitrogens with two attached hydrogens (primary N) is 2. The summed E-state index contributed by atoms with van der Waals surface area (Å²) in [5.41, 5.74) is 12.5. The van der Waals surface area contributed by atoms with E-state index in [1.165, 1.54) is 0 Å². The van der Waals surface area contributed by atoms with Crippen molar-refractivity contribution in [3.8, 4) is 0 Å². The summed E-state index contributed by atoms with van der Waals surface area (Å²) < 4.78 is 0.798. The van der Waals surface area contributed by atoms with E-state index in [0.29, 0.717) is 23.5 Å². The van der Waals surface area contributed by atoms with E-state index in [1.54, 1.807) is 18.2 Å². The summed E-state index contributed by atoms with van der Waals surface area (Å²) in [7, 11) is 0. The lowest BCUT2D eigenvalue weighted by Crippen LogP contribution is -2.12. The van der Waals surface area contributed by atoms with Crippen LogP contribution in [0.15, 0.2) is 29.3 Å². The third-order valence-electron chi connectivity index (χ3n) is 1.81. The second-order valence-corrected chi connectivity index (χ2v) is 4.16. The number of carbonyl (C=O) groups excluding carboxylic acids is 1. The van der Waals surface area contributed by atoms with E-state index in [1.807, 2.05) is 0 Å². The molecule has 80 valence electrons. The van der Waals surface area contributed by atoms with Gasteiger partial charge in [-0.3, -0.25) is 4.79 Å². The minimum Gasteiger partial charge on any atom is -0.397 e. The quantitative estimate of drug-likeness (QED) is 0.728. The normalized spacial score (nSPS) is 9.67. The predicted molar refractivity (Wildman–Crippen MR) is 65.9 cm³/mol. The van der Waals surface area contributed by atoms with Gasteiger partial charge in [0.1, 0.15) is 0 Å². The Morgan fingerprint density at radius 3 is 2.73 bits per heavy atom. The monoisotopic (exact) mass is 269 g/mol. The summed E-state index contributed by atoms with van der Waals surface area (Å²) in [5, 5.41) is 3.03. The maximum Gasteiger partial charge on any atom is 0.248 e. The zero-order valence-corrected chi connectivity index (χ0v) is 9.67. The van der Waals surface area contributed by atoms with Gasteiger partial charge in [-0.2, -0.15) is 0 Å². The molecule has 1 amide bonds. The minimum absolute atomic E-state index is 0.423. The Morgan fingerprint density at radius 1 is 1.53 bits per heavy atom. The van der Waals surface area contributed by atoms with E-state index in [-0.39, 0.29) is 0 Å². The van der Waals surface area contributed by atoms with Gasteiger partial charge in [0.15, 0.2) is 0 Å². The van der Waals surface area contributed by atoms with Gasteiger partial charge in [-0.1, -0.05) is 22.5 Å². The highest BCUT2D eigenvalue weighted by atomic mass is 79.9. The lowest BCUT2D eigenvalue weighted by molar-refractivity contribution is 0.100. The molecular formula is C10H12BrN3O. The van der Waals surface area contributed by atoms with Gasteiger partial charge in [0.25, 0.3) is 0 Å². The minimum atomic E-state index is -0.476. The molecule has 5 N–H and O–H groups in total. The van der Waals surface area contributed by atoms with Crippen LogP contribution in [-0.4, -0.2) is 12.5 Å². The highest BCUT2D eigenvalue weighted by molar-refractivity contribution is 9.11. The highest BCUT2D eigenvalue weighted by Gasteiger charge is 2.04. The molecule has 15 heavy (non-hydrogen) atoms. The van der Waals surface area contributed by atoms with Crippen molar-refractivity contribution in [2.45, 2.75) is 0 Å². The number of anilines is 2. The lowest BCUT2D eigenvalue weighted by Gasteiger charge is -2.09. The first-order valence-electron chi connectivity index (χ1n) is 4.27. The van der Waals surface area contributed by atoms with Crippen molar-refractivity contribution in [1.29, 1.82) is 0 Å². The van der Waals surface area contributed by atoms with E-state index >= 15 is 0 Å². The molecule has 0 heterocycles. The third-order valence-corrected chi connectivity index (χ3v) is 2.09. The van der Waals surface area contributed by atoms with Crippen molar-refractivity contribution in [3.05, 3.63) is 34.8 Å². The van der Waals surface area contributed by atoms with Gasteiger partial charge < -0.3 is 16.8 Å². The molecule has 0 aliphatic rings. The molecule has 0 fully saturated rings. The fraction of sp³-hybridized carbons (Fsp3) is 0.100. The Kier molecular flexibility index (Phi) is 3.74. The second kappa shape index (κ2) is 4.84. The molecule has 4 nitrogen and oxygen atoms in total. The first kappa shape index (κ1) is 11.6. The Morgan fingerprint density at radius 2 is 2.20 bits per heavy atom. The summed E-state index contributed by atoms with van der Waals surface area (Å²) in [6.07, 6.45) is 0. The number of nitrogens with one attached hydrogen (secondary N) is 1. The third kappa shape index (κ3) is 3.28. The van der Waals surface area contributed by atoms with E-state index in [9.17, 15) is 4.79 Å². The molecular weight excluding hydrogens is 258 g/mol. The second-order valence-electron chi connectivity index (χ2n) is 3.04. The number of primary amides is 1. The van der Waals surface area contributed by atoms with Crippen molar-refractivity contribution < 1.29 is 4.79 Å². The zero-order valence-electron chi connectivity index (χ0n) is 8.09. The van der Waals surface area contributed by atoms with E-state index in [2.05, 4.69) is 27.8 Å². The smallest absolute Gasteiger partial charge is 0.248 e. The Bertz CT molecular complexity index is 404. The number of benzene rings is 1. The molecule has 1 rings (SSSR count). The van der Waals surface area contributed by atoms with Crippen molar-refractivity contribution in [2.75, 3.05) is 17.6 Å². The molecule has 0 aliphatic carbocycles. The van der Waals surface area contributed by atoms with Crippen molar-refractivity contribution >= 4 is 33.2 Å². The summed E-state index contributed by atoms with van der Waals surface area (Å²) >= 11 is 3.21. The average molecular weight is 270 g/mol. The van der Waals surface area contributed by atoms with Crippen LogP contribution in [0, 0.1) is 0 Å². The molecule has 0 atom stereocenters. The summed E-state index contributed by atoms with van der Waals surface area (Å²) in [4.78, 5) is 10.9. The summed E-state index contributed by atoms with van der Waals surface area (Å²) in [5.74, 6) is -0.476. The molecule has 1 aromatic rings. The van der Waals surface area contributed by atoms with E-state index in [0.717, 1.165) is 4.48 Å². The van der Waals surface area contributed by atoms with Crippen LogP contribution in [0.2, 0.25) is 0 Å². The molecule has 0 saturated heterocycles. The van der Waals surface area contributed by atoms with Gasteiger partial charge >= 0.3 is 0 Å². The topological polar surface area (TPSA) is 81.1 Å². The molecule has 0 aliphatic heterocycles. The predicted octanol–water partition coefficient (Wildman–Crippen LogP) is 1.69. The Balaban J connectivity index is 2.90. The number of halogens is 1. The molecule has 0 bridgehead atoms. The van der Waals surface area contributed by atoms with E-state index < -0.39 is 5.91 Å². The van der Waals surface area contributed by atoms with Crippen molar-refractivity contribution in [3.63, 3.8) is 0 Å². The number of nitrogen functional groups attached to an aromatic ring is 1. The van der Waals surface area contributed by atoms with Crippen LogP contribution in [0.4, 0.5) is 11.4 Å². The van der Waals surface area contributed by atoms with Crippen LogP contribution in [-0.2, 0) is 0 Å². The molecule has 0 unspecified atom stereocenters. The van der Waals surface area contributed by atoms with Crippen molar-refractivity contribution in [2.24, 2.45) is 5.73 Å². The van der Waals surface area contributed by atoms with Crippen LogP contribution < -0.4 is 16.8 Å². The largest absolute Gasteiger partial charge is 0.397 e. The first-order valence-corrected chi connectivity index (χ1v) is 5.06. The Labute approximate surface area is 96.5 Å². The van der Waals surface area contributed by atoms with Crippen LogP contribution in [0.25, 0.3) is 0 Å². The van der Waals surface area contributed by atoms with Gasteiger partial charge in [0, 0.05) is 16.6 Å². The van der Waals surface area contributed by atoms with Gasteiger partial charge in [0.05, 0.1) is 11.4 Å². The molecule has 0 spiro atoms. The van der Waals surface area contributed by atoms with Crippen LogP contribution >= 0.6 is 15.9 Å². The highest BCUT2D eigenvalue weighted by Crippen LogP contribution is 2.20. The molecule has 1 aromatic carbocycles. The molecule has 5 heteroatoms. The fourth-order valence-corrected chi connectivity index (χ4v) is 1.19. The molecule has 0 aromatic heterocycles.